The molecule has 2 N–H and O–H groups in total. The van der Waals surface area contributed by atoms with Gasteiger partial charge >= 0.3 is 5.97 Å². The minimum atomic E-state index is -0.811. The van der Waals surface area contributed by atoms with Gasteiger partial charge in [0.25, 0.3) is 0 Å². The molecule has 0 heterocycles. The Kier molecular flexibility index (Phi) is 6.45. The molecule has 0 aliphatic carbocycles. The van der Waals surface area contributed by atoms with E-state index in [-0.39, 0.29) is 5.82 Å². The number of aliphatic carboxylic acids is 1. The fraction of sp³-hybridized carbons (Fsp3) is 0.500. The van der Waals surface area contributed by atoms with Crippen LogP contribution in [0.4, 0.5) is 4.39 Å². The van der Waals surface area contributed by atoms with E-state index in [0.717, 1.165) is 0 Å². The summed E-state index contributed by atoms with van der Waals surface area (Å²) in [6.07, 6.45) is 0.612. The molecule has 0 bridgehead atoms. The van der Waals surface area contributed by atoms with Crippen LogP contribution in [0.1, 0.15) is 25.8 Å². The third-order valence-corrected chi connectivity index (χ3v) is 3.60. The van der Waals surface area contributed by atoms with Gasteiger partial charge in [0.1, 0.15) is 5.82 Å². The second-order valence-corrected chi connectivity index (χ2v) is 5.85. The monoisotopic (exact) mass is 331 g/mol. The Hall–Kier alpha value is -0.940. The summed E-state index contributed by atoms with van der Waals surface area (Å²) in [5.41, 5.74) is 0.524. The first kappa shape index (κ1) is 16.1. The zero-order chi connectivity index (χ0) is 14.4. The highest BCUT2D eigenvalue weighted by Crippen LogP contribution is 2.19. The zero-order valence-corrected chi connectivity index (χ0v) is 12.7. The molecule has 0 aliphatic heterocycles. The van der Waals surface area contributed by atoms with E-state index in [0.29, 0.717) is 35.5 Å². The maximum atomic E-state index is 13.6. The van der Waals surface area contributed by atoms with Crippen LogP contribution >= 0.6 is 15.9 Å². The van der Waals surface area contributed by atoms with Crippen molar-refractivity contribution >= 4 is 21.9 Å². The molecule has 1 rings (SSSR count). The SMILES string of the molecule is CC(C)CC(CNCc1c(F)cccc1Br)C(=O)O. The molecular weight excluding hydrogens is 313 g/mol. The Balaban J connectivity index is 2.54. The van der Waals surface area contributed by atoms with Crippen LogP contribution in [0.2, 0.25) is 0 Å². The number of benzene rings is 1. The molecule has 1 aromatic rings. The maximum absolute atomic E-state index is 13.6. The fourth-order valence-electron chi connectivity index (χ4n) is 1.91. The third-order valence-electron chi connectivity index (χ3n) is 2.86. The Labute approximate surface area is 121 Å². The smallest absolute Gasteiger partial charge is 0.307 e. The quantitative estimate of drug-likeness (QED) is 0.804. The fourth-order valence-corrected chi connectivity index (χ4v) is 2.40. The highest BCUT2D eigenvalue weighted by atomic mass is 79.9. The van der Waals surface area contributed by atoms with Gasteiger partial charge in [-0.15, -0.1) is 0 Å². The third kappa shape index (κ3) is 5.28. The van der Waals surface area contributed by atoms with E-state index < -0.39 is 11.9 Å². The molecule has 19 heavy (non-hydrogen) atoms. The average molecular weight is 332 g/mol. The molecule has 0 radical (unpaired) electrons. The number of carboxylic acid groups (broad SMARTS) is 1. The lowest BCUT2D eigenvalue weighted by molar-refractivity contribution is -0.142. The van der Waals surface area contributed by atoms with E-state index in [1.807, 2.05) is 13.8 Å². The Morgan fingerprint density at radius 2 is 2.16 bits per heavy atom. The first-order valence-electron chi connectivity index (χ1n) is 6.28. The average Bonchev–Trinajstić information content (AvgIpc) is 2.30. The molecule has 0 spiro atoms. The van der Waals surface area contributed by atoms with Crippen molar-refractivity contribution in [2.75, 3.05) is 6.54 Å². The first-order valence-corrected chi connectivity index (χ1v) is 7.07. The molecule has 0 aromatic heterocycles. The Morgan fingerprint density at radius 3 is 2.68 bits per heavy atom. The van der Waals surface area contributed by atoms with Crippen molar-refractivity contribution in [3.8, 4) is 0 Å². The van der Waals surface area contributed by atoms with Gasteiger partial charge in [0, 0.05) is 23.1 Å². The van der Waals surface area contributed by atoms with Gasteiger partial charge in [-0.25, -0.2) is 4.39 Å². The summed E-state index contributed by atoms with van der Waals surface area (Å²) in [6, 6.07) is 4.79. The predicted octanol–water partition coefficient (Wildman–Crippen LogP) is 3.42. The maximum Gasteiger partial charge on any atom is 0.307 e. The lowest BCUT2D eigenvalue weighted by atomic mass is 9.97. The minimum absolute atomic E-state index is 0.294. The molecule has 106 valence electrons. The summed E-state index contributed by atoms with van der Waals surface area (Å²) in [5, 5.41) is 12.1. The molecule has 1 unspecified atom stereocenters. The second-order valence-electron chi connectivity index (χ2n) is 5.00. The van der Waals surface area contributed by atoms with Gasteiger partial charge in [-0.2, -0.15) is 0 Å². The summed E-state index contributed by atoms with van der Waals surface area (Å²) >= 11 is 3.29. The highest BCUT2D eigenvalue weighted by Gasteiger charge is 2.18. The van der Waals surface area contributed by atoms with Gasteiger partial charge in [0.05, 0.1) is 5.92 Å². The van der Waals surface area contributed by atoms with Gasteiger partial charge in [-0.05, 0) is 24.5 Å². The highest BCUT2D eigenvalue weighted by molar-refractivity contribution is 9.10. The van der Waals surface area contributed by atoms with Crippen LogP contribution in [-0.2, 0) is 11.3 Å². The van der Waals surface area contributed by atoms with Crippen molar-refractivity contribution in [3.63, 3.8) is 0 Å². The van der Waals surface area contributed by atoms with Crippen molar-refractivity contribution in [3.05, 3.63) is 34.1 Å². The van der Waals surface area contributed by atoms with Crippen LogP contribution in [-0.4, -0.2) is 17.6 Å². The van der Waals surface area contributed by atoms with E-state index in [1.165, 1.54) is 6.07 Å². The van der Waals surface area contributed by atoms with E-state index in [9.17, 15) is 9.18 Å². The second kappa shape index (κ2) is 7.60. The molecule has 0 aliphatic rings. The molecular formula is C14H19BrFNO2. The van der Waals surface area contributed by atoms with Crippen LogP contribution < -0.4 is 5.32 Å². The lowest BCUT2D eigenvalue weighted by Crippen LogP contribution is -2.29. The normalized spacial score (nSPS) is 12.7. The first-order chi connectivity index (χ1) is 8.91. The van der Waals surface area contributed by atoms with Gasteiger partial charge in [-0.3, -0.25) is 4.79 Å². The van der Waals surface area contributed by atoms with E-state index in [4.69, 9.17) is 5.11 Å². The molecule has 0 saturated carbocycles. The van der Waals surface area contributed by atoms with Gasteiger partial charge < -0.3 is 10.4 Å². The molecule has 0 amide bonds. The number of nitrogens with one attached hydrogen (secondary N) is 1. The predicted molar refractivity (Wildman–Crippen MR) is 76.4 cm³/mol. The molecule has 1 aromatic carbocycles. The van der Waals surface area contributed by atoms with E-state index in [1.54, 1.807) is 12.1 Å². The Morgan fingerprint density at radius 1 is 1.47 bits per heavy atom. The summed E-state index contributed by atoms with van der Waals surface area (Å²) in [5.74, 6) is -1.22. The number of carboxylic acids is 1. The summed E-state index contributed by atoms with van der Waals surface area (Å²) in [7, 11) is 0. The van der Waals surface area contributed by atoms with Crippen molar-refractivity contribution in [1.82, 2.24) is 5.32 Å². The molecule has 5 heteroatoms. The number of hydrogen-bond donors (Lipinski definition) is 2. The number of hydrogen-bond acceptors (Lipinski definition) is 2. The molecule has 1 atom stereocenters. The molecule has 3 nitrogen and oxygen atoms in total. The van der Waals surface area contributed by atoms with Gasteiger partial charge in [0.15, 0.2) is 0 Å². The number of carbonyl (C=O) groups is 1. The van der Waals surface area contributed by atoms with Crippen molar-refractivity contribution < 1.29 is 14.3 Å². The standard InChI is InChI=1S/C14H19BrFNO2/c1-9(2)6-10(14(18)19)7-17-8-11-12(15)4-3-5-13(11)16/h3-5,9-10,17H,6-8H2,1-2H3,(H,18,19). The largest absolute Gasteiger partial charge is 0.481 e. The van der Waals surface area contributed by atoms with Crippen molar-refractivity contribution in [2.24, 2.45) is 11.8 Å². The Bertz CT molecular complexity index is 417. The lowest BCUT2D eigenvalue weighted by Gasteiger charge is -2.16. The summed E-state index contributed by atoms with van der Waals surface area (Å²) < 4.78 is 14.2. The van der Waals surface area contributed by atoms with Crippen LogP contribution in [0.15, 0.2) is 22.7 Å². The van der Waals surface area contributed by atoms with Crippen molar-refractivity contribution in [1.29, 1.82) is 0 Å². The van der Waals surface area contributed by atoms with E-state index in [2.05, 4.69) is 21.2 Å². The number of rotatable bonds is 7. The van der Waals surface area contributed by atoms with Crippen molar-refractivity contribution in [2.45, 2.75) is 26.8 Å². The molecule has 0 fully saturated rings. The summed E-state index contributed by atoms with van der Waals surface area (Å²) in [4.78, 5) is 11.1. The van der Waals surface area contributed by atoms with Gasteiger partial charge in [-0.1, -0.05) is 35.8 Å². The van der Waals surface area contributed by atoms with Crippen LogP contribution in [0.3, 0.4) is 0 Å². The van der Waals surface area contributed by atoms with Crippen LogP contribution in [0, 0.1) is 17.7 Å². The van der Waals surface area contributed by atoms with Crippen LogP contribution in [0.25, 0.3) is 0 Å². The zero-order valence-electron chi connectivity index (χ0n) is 11.1. The molecule has 0 saturated heterocycles. The minimum Gasteiger partial charge on any atom is -0.481 e. The topological polar surface area (TPSA) is 49.3 Å². The number of halogens is 2. The van der Waals surface area contributed by atoms with E-state index >= 15 is 0 Å². The van der Waals surface area contributed by atoms with Gasteiger partial charge in [0.2, 0.25) is 0 Å². The van der Waals surface area contributed by atoms with Crippen LogP contribution in [0.5, 0.6) is 0 Å². The summed E-state index contributed by atoms with van der Waals surface area (Å²) in [6.45, 7) is 4.64.